The molecule has 0 fully saturated rings. The summed E-state index contributed by atoms with van der Waals surface area (Å²) in [5, 5.41) is 0.668. The van der Waals surface area contributed by atoms with Crippen LogP contribution in [0.3, 0.4) is 0 Å². The smallest absolute Gasteiger partial charge is 0.261 e. The summed E-state index contributed by atoms with van der Waals surface area (Å²) in [6.07, 6.45) is 4.81. The molecule has 0 amide bonds. The number of pyridine rings is 1. The van der Waals surface area contributed by atoms with Gasteiger partial charge in [-0.05, 0) is 55.0 Å². The Morgan fingerprint density at radius 2 is 2.12 bits per heavy atom. The third-order valence-electron chi connectivity index (χ3n) is 4.63. The number of benzene rings is 1. The third-order valence-corrected chi connectivity index (χ3v) is 4.63. The van der Waals surface area contributed by atoms with Crippen molar-refractivity contribution in [3.8, 4) is 11.8 Å². The number of hydrogen-bond acceptors (Lipinski definition) is 3. The number of fused-ring (bicyclic) bond motifs is 2. The van der Waals surface area contributed by atoms with Crippen molar-refractivity contribution in [1.29, 1.82) is 0 Å². The Balaban J connectivity index is 1.78. The fourth-order valence-electron chi connectivity index (χ4n) is 3.31. The van der Waals surface area contributed by atoms with E-state index in [0.29, 0.717) is 11.3 Å². The first kappa shape index (κ1) is 15.6. The molecule has 2 aromatic heterocycles. The van der Waals surface area contributed by atoms with Crippen molar-refractivity contribution in [1.82, 2.24) is 14.5 Å². The first-order valence-corrected chi connectivity index (χ1v) is 8.67. The summed E-state index contributed by atoms with van der Waals surface area (Å²) < 4.78 is 1.86. The van der Waals surface area contributed by atoms with Crippen molar-refractivity contribution >= 4 is 10.9 Å². The molecule has 1 aliphatic rings. The molecule has 3 heterocycles. The van der Waals surface area contributed by atoms with Crippen LogP contribution in [-0.2, 0) is 13.0 Å². The molecular weight excluding hydrogens is 310 g/mol. The SMILES string of the molecule is C[C@@H]1CCCc2nc3cc(C#Cc4ccccn4)ccc3c(=O)n2C1. The summed E-state index contributed by atoms with van der Waals surface area (Å²) >= 11 is 0. The lowest BCUT2D eigenvalue weighted by atomic mass is 10.1. The Hall–Kier alpha value is -2.93. The molecule has 0 saturated carbocycles. The second kappa shape index (κ2) is 6.52. The highest BCUT2D eigenvalue weighted by Crippen LogP contribution is 2.19. The zero-order chi connectivity index (χ0) is 17.2. The maximum Gasteiger partial charge on any atom is 0.261 e. The summed E-state index contributed by atoms with van der Waals surface area (Å²) in [5.74, 6) is 7.57. The molecule has 0 unspecified atom stereocenters. The highest BCUT2D eigenvalue weighted by atomic mass is 16.1. The van der Waals surface area contributed by atoms with Gasteiger partial charge in [-0.15, -0.1) is 0 Å². The van der Waals surface area contributed by atoms with Crippen molar-refractivity contribution in [3.63, 3.8) is 0 Å². The molecule has 4 nitrogen and oxygen atoms in total. The van der Waals surface area contributed by atoms with Crippen LogP contribution in [0.1, 0.15) is 36.8 Å². The number of nitrogens with zero attached hydrogens (tertiary/aromatic N) is 3. The van der Waals surface area contributed by atoms with Gasteiger partial charge < -0.3 is 0 Å². The van der Waals surface area contributed by atoms with E-state index in [2.05, 4.69) is 23.7 Å². The molecule has 25 heavy (non-hydrogen) atoms. The van der Waals surface area contributed by atoms with E-state index in [-0.39, 0.29) is 5.56 Å². The third kappa shape index (κ3) is 3.18. The van der Waals surface area contributed by atoms with Crippen LogP contribution < -0.4 is 5.56 Å². The van der Waals surface area contributed by atoms with Gasteiger partial charge in [-0.2, -0.15) is 0 Å². The lowest BCUT2D eigenvalue weighted by molar-refractivity contribution is 0.457. The fraction of sp³-hybridized carbons (Fsp3) is 0.286. The number of rotatable bonds is 0. The van der Waals surface area contributed by atoms with Gasteiger partial charge >= 0.3 is 0 Å². The van der Waals surface area contributed by atoms with E-state index in [1.807, 2.05) is 41.0 Å². The van der Waals surface area contributed by atoms with Crippen molar-refractivity contribution in [2.45, 2.75) is 32.7 Å². The largest absolute Gasteiger partial charge is 0.296 e. The highest BCUT2D eigenvalue weighted by Gasteiger charge is 2.17. The minimum Gasteiger partial charge on any atom is -0.296 e. The molecule has 124 valence electrons. The maximum atomic E-state index is 12.8. The van der Waals surface area contributed by atoms with Gasteiger partial charge in [0.15, 0.2) is 0 Å². The number of hydrogen-bond donors (Lipinski definition) is 0. The van der Waals surface area contributed by atoms with Gasteiger partial charge in [0.25, 0.3) is 5.56 Å². The molecule has 1 aliphatic heterocycles. The van der Waals surface area contributed by atoms with Crippen molar-refractivity contribution in [3.05, 3.63) is 70.0 Å². The summed E-state index contributed by atoms with van der Waals surface area (Å²) in [5.41, 5.74) is 2.38. The molecule has 0 radical (unpaired) electrons. The van der Waals surface area contributed by atoms with E-state index in [0.717, 1.165) is 48.4 Å². The molecule has 1 atom stereocenters. The molecule has 0 aliphatic carbocycles. The summed E-state index contributed by atoms with van der Waals surface area (Å²) in [4.78, 5) is 21.8. The van der Waals surface area contributed by atoms with Gasteiger partial charge in [-0.3, -0.25) is 9.36 Å². The predicted molar refractivity (Wildman–Crippen MR) is 98.3 cm³/mol. The Kier molecular flexibility index (Phi) is 4.07. The van der Waals surface area contributed by atoms with Crippen LogP contribution in [0.2, 0.25) is 0 Å². The minimum atomic E-state index is 0.0676. The highest BCUT2D eigenvalue weighted by molar-refractivity contribution is 5.79. The van der Waals surface area contributed by atoms with E-state index in [9.17, 15) is 4.79 Å². The standard InChI is InChI=1S/C21H19N3O/c1-15-5-4-7-20-23-19-13-16(8-10-17-6-2-3-12-22-17)9-11-18(19)21(25)24(20)14-15/h2-3,6,9,11-13,15H,4-5,7,14H2,1H3/t15-/m1/s1. The molecular formula is C21H19N3O. The Labute approximate surface area is 146 Å². The topological polar surface area (TPSA) is 47.8 Å². The molecule has 0 spiro atoms. The molecule has 1 aromatic carbocycles. The van der Waals surface area contributed by atoms with E-state index < -0.39 is 0 Å². The molecule has 0 N–H and O–H groups in total. The number of aromatic nitrogens is 3. The van der Waals surface area contributed by atoms with Gasteiger partial charge in [0, 0.05) is 24.7 Å². The summed E-state index contributed by atoms with van der Waals surface area (Å²) in [6, 6.07) is 11.3. The first-order valence-electron chi connectivity index (χ1n) is 8.67. The Bertz CT molecular complexity index is 1040. The maximum absolute atomic E-state index is 12.8. The van der Waals surface area contributed by atoms with E-state index in [4.69, 9.17) is 4.98 Å². The van der Waals surface area contributed by atoms with Crippen molar-refractivity contribution in [2.24, 2.45) is 5.92 Å². The lowest BCUT2D eigenvalue weighted by Gasteiger charge is -2.12. The first-order chi connectivity index (χ1) is 12.2. The van der Waals surface area contributed by atoms with Crippen molar-refractivity contribution in [2.75, 3.05) is 0 Å². The van der Waals surface area contributed by atoms with E-state index >= 15 is 0 Å². The van der Waals surface area contributed by atoms with Crippen LogP contribution in [0.4, 0.5) is 0 Å². The normalized spacial score (nSPS) is 16.6. The Morgan fingerprint density at radius 3 is 2.96 bits per heavy atom. The second-order valence-electron chi connectivity index (χ2n) is 6.64. The Morgan fingerprint density at radius 1 is 1.20 bits per heavy atom. The molecule has 4 heteroatoms. The average Bonchev–Trinajstić information content (AvgIpc) is 2.82. The van der Waals surface area contributed by atoms with E-state index in [1.54, 1.807) is 6.20 Å². The second-order valence-corrected chi connectivity index (χ2v) is 6.64. The van der Waals surface area contributed by atoms with Crippen LogP contribution >= 0.6 is 0 Å². The lowest BCUT2D eigenvalue weighted by Crippen LogP contribution is -2.26. The monoisotopic (exact) mass is 329 g/mol. The average molecular weight is 329 g/mol. The number of aryl methyl sites for hydroxylation is 1. The van der Waals surface area contributed by atoms with Gasteiger partial charge in [-0.25, -0.2) is 9.97 Å². The molecule has 3 aromatic rings. The fourth-order valence-corrected chi connectivity index (χ4v) is 3.31. The van der Waals surface area contributed by atoms with Gasteiger partial charge in [0.1, 0.15) is 11.5 Å². The van der Waals surface area contributed by atoms with E-state index in [1.165, 1.54) is 0 Å². The summed E-state index contributed by atoms with van der Waals surface area (Å²) in [6.45, 7) is 2.96. The van der Waals surface area contributed by atoms with Gasteiger partial charge in [0.2, 0.25) is 0 Å². The quantitative estimate of drug-likeness (QED) is 0.595. The van der Waals surface area contributed by atoms with Crippen molar-refractivity contribution < 1.29 is 0 Å². The van der Waals surface area contributed by atoms with Crippen LogP contribution in [0.15, 0.2) is 47.4 Å². The van der Waals surface area contributed by atoms with Crippen LogP contribution in [0, 0.1) is 17.8 Å². The zero-order valence-electron chi connectivity index (χ0n) is 14.2. The predicted octanol–water partition coefficient (Wildman–Crippen LogP) is 3.16. The van der Waals surface area contributed by atoms with Crippen LogP contribution in [-0.4, -0.2) is 14.5 Å². The minimum absolute atomic E-state index is 0.0676. The molecule has 0 bridgehead atoms. The van der Waals surface area contributed by atoms with Gasteiger partial charge in [0.05, 0.1) is 10.9 Å². The van der Waals surface area contributed by atoms with Crippen LogP contribution in [0.25, 0.3) is 10.9 Å². The zero-order valence-corrected chi connectivity index (χ0v) is 14.2. The van der Waals surface area contributed by atoms with Crippen LogP contribution in [0.5, 0.6) is 0 Å². The summed E-state index contributed by atoms with van der Waals surface area (Å²) in [7, 11) is 0. The van der Waals surface area contributed by atoms with Gasteiger partial charge in [-0.1, -0.05) is 18.9 Å². The molecule has 4 rings (SSSR count). The molecule has 0 saturated heterocycles.